The molecule has 0 bridgehead atoms. The maximum absolute atomic E-state index is 13.7. The Hall–Kier alpha value is -0.650. The van der Waals surface area contributed by atoms with Crippen molar-refractivity contribution in [3.8, 4) is 0 Å². The molecule has 1 heterocycles. The fraction of sp³-hybridized carbons (Fsp3) is 0.538. The molecule has 0 spiro atoms. The predicted octanol–water partition coefficient (Wildman–Crippen LogP) is 2.77. The van der Waals surface area contributed by atoms with Crippen molar-refractivity contribution in [1.82, 2.24) is 5.32 Å². The van der Waals surface area contributed by atoms with Crippen LogP contribution in [0.2, 0.25) is 0 Å². The molecular weight excluding hydrogens is 299 g/mol. The molecule has 100 valence electrons. The van der Waals surface area contributed by atoms with Crippen molar-refractivity contribution in [2.24, 2.45) is 0 Å². The summed E-state index contributed by atoms with van der Waals surface area (Å²) in [6.07, 6.45) is 0.912. The van der Waals surface area contributed by atoms with Gasteiger partial charge in [0, 0.05) is 23.1 Å². The van der Waals surface area contributed by atoms with Crippen LogP contribution in [0.1, 0.15) is 13.3 Å². The first-order valence-corrected chi connectivity index (χ1v) is 6.97. The van der Waals surface area contributed by atoms with Crippen molar-refractivity contribution in [3.63, 3.8) is 0 Å². The summed E-state index contributed by atoms with van der Waals surface area (Å²) < 4.78 is 19.8. The van der Waals surface area contributed by atoms with Gasteiger partial charge in [-0.3, -0.25) is 0 Å². The molecule has 1 aliphatic rings. The Bertz CT molecular complexity index is 397. The monoisotopic (exact) mass is 316 g/mol. The van der Waals surface area contributed by atoms with E-state index in [1.165, 1.54) is 6.07 Å². The molecule has 2 atom stereocenters. The highest BCUT2D eigenvalue weighted by Gasteiger charge is 2.16. The van der Waals surface area contributed by atoms with Gasteiger partial charge in [0.2, 0.25) is 0 Å². The molecule has 2 unspecified atom stereocenters. The van der Waals surface area contributed by atoms with Crippen LogP contribution in [-0.4, -0.2) is 31.8 Å². The Morgan fingerprint density at radius 1 is 1.61 bits per heavy atom. The summed E-state index contributed by atoms with van der Waals surface area (Å²) in [4.78, 5) is 0. The number of hydrogen-bond donors (Lipinski definition) is 2. The SMILES string of the molecule is CC(CC1COCCN1)Nc1ccc(Br)cc1F. The molecule has 1 aromatic rings. The van der Waals surface area contributed by atoms with E-state index < -0.39 is 0 Å². The lowest BCUT2D eigenvalue weighted by molar-refractivity contribution is 0.0731. The molecule has 0 saturated carbocycles. The number of ether oxygens (including phenoxy) is 1. The first-order valence-electron chi connectivity index (χ1n) is 6.18. The molecule has 1 saturated heterocycles. The van der Waals surface area contributed by atoms with Gasteiger partial charge in [-0.25, -0.2) is 4.39 Å². The van der Waals surface area contributed by atoms with Gasteiger partial charge in [0.1, 0.15) is 5.82 Å². The highest BCUT2D eigenvalue weighted by Crippen LogP contribution is 2.20. The fourth-order valence-electron chi connectivity index (χ4n) is 2.13. The van der Waals surface area contributed by atoms with Gasteiger partial charge in [-0.15, -0.1) is 0 Å². The van der Waals surface area contributed by atoms with Gasteiger partial charge in [0.25, 0.3) is 0 Å². The third-order valence-corrected chi connectivity index (χ3v) is 3.46. The number of rotatable bonds is 4. The average Bonchev–Trinajstić information content (AvgIpc) is 2.34. The van der Waals surface area contributed by atoms with Crippen LogP contribution in [0.15, 0.2) is 22.7 Å². The van der Waals surface area contributed by atoms with Crippen molar-refractivity contribution >= 4 is 21.6 Å². The van der Waals surface area contributed by atoms with Gasteiger partial charge in [0.15, 0.2) is 0 Å². The number of benzene rings is 1. The lowest BCUT2D eigenvalue weighted by Gasteiger charge is -2.27. The highest BCUT2D eigenvalue weighted by molar-refractivity contribution is 9.10. The maximum Gasteiger partial charge on any atom is 0.147 e. The number of morpholine rings is 1. The normalized spacial score (nSPS) is 21.6. The maximum atomic E-state index is 13.7. The molecule has 18 heavy (non-hydrogen) atoms. The zero-order valence-corrected chi connectivity index (χ0v) is 12.0. The van der Waals surface area contributed by atoms with E-state index in [1.54, 1.807) is 6.07 Å². The second-order valence-electron chi connectivity index (χ2n) is 4.63. The third-order valence-electron chi connectivity index (χ3n) is 2.97. The van der Waals surface area contributed by atoms with Gasteiger partial charge >= 0.3 is 0 Å². The molecule has 2 N–H and O–H groups in total. The van der Waals surface area contributed by atoms with Crippen molar-refractivity contribution in [2.75, 3.05) is 25.1 Å². The first-order chi connectivity index (χ1) is 8.65. The van der Waals surface area contributed by atoms with Crippen LogP contribution < -0.4 is 10.6 Å². The summed E-state index contributed by atoms with van der Waals surface area (Å²) in [5.74, 6) is -0.232. The van der Waals surface area contributed by atoms with Crippen LogP contribution in [-0.2, 0) is 4.74 Å². The molecule has 1 fully saturated rings. The molecule has 0 aromatic heterocycles. The van der Waals surface area contributed by atoms with Gasteiger partial charge in [0.05, 0.1) is 18.9 Å². The van der Waals surface area contributed by atoms with Crippen LogP contribution in [0.25, 0.3) is 0 Å². The molecule has 3 nitrogen and oxygen atoms in total. The summed E-state index contributed by atoms with van der Waals surface area (Å²) in [5.41, 5.74) is 0.544. The topological polar surface area (TPSA) is 33.3 Å². The average molecular weight is 317 g/mol. The van der Waals surface area contributed by atoms with Gasteiger partial charge < -0.3 is 15.4 Å². The summed E-state index contributed by atoms with van der Waals surface area (Å²) in [5, 5.41) is 6.59. The zero-order chi connectivity index (χ0) is 13.0. The predicted molar refractivity (Wildman–Crippen MR) is 74.4 cm³/mol. The van der Waals surface area contributed by atoms with E-state index in [1.807, 2.05) is 6.07 Å². The van der Waals surface area contributed by atoms with E-state index in [4.69, 9.17) is 4.74 Å². The fourth-order valence-corrected chi connectivity index (χ4v) is 2.46. The van der Waals surface area contributed by atoms with E-state index in [2.05, 4.69) is 33.5 Å². The van der Waals surface area contributed by atoms with Crippen LogP contribution in [0, 0.1) is 5.82 Å². The molecule has 0 radical (unpaired) electrons. The lowest BCUT2D eigenvalue weighted by atomic mass is 10.1. The van der Waals surface area contributed by atoms with E-state index in [0.29, 0.717) is 11.7 Å². The standard InChI is InChI=1S/C13H18BrFN2O/c1-9(6-11-8-18-5-4-16-11)17-13-3-2-10(14)7-12(13)15/h2-3,7,9,11,16-17H,4-6,8H2,1H3. The van der Waals surface area contributed by atoms with E-state index >= 15 is 0 Å². The smallest absolute Gasteiger partial charge is 0.147 e. The second kappa shape index (κ2) is 6.50. The number of halogens is 2. The largest absolute Gasteiger partial charge is 0.380 e. The molecule has 2 rings (SSSR count). The van der Waals surface area contributed by atoms with E-state index in [-0.39, 0.29) is 11.9 Å². The number of hydrogen-bond acceptors (Lipinski definition) is 3. The molecular formula is C13H18BrFN2O. The minimum Gasteiger partial charge on any atom is -0.380 e. The minimum atomic E-state index is -0.232. The molecule has 1 aliphatic heterocycles. The Balaban J connectivity index is 1.87. The van der Waals surface area contributed by atoms with Crippen LogP contribution in [0.3, 0.4) is 0 Å². The molecule has 0 amide bonds. The van der Waals surface area contributed by atoms with Crippen molar-refractivity contribution < 1.29 is 9.13 Å². The lowest BCUT2D eigenvalue weighted by Crippen LogP contribution is -2.43. The Labute approximate surface area is 115 Å². The van der Waals surface area contributed by atoms with Crippen molar-refractivity contribution in [1.29, 1.82) is 0 Å². The minimum absolute atomic E-state index is 0.194. The molecule has 1 aromatic carbocycles. The Morgan fingerprint density at radius 3 is 3.11 bits per heavy atom. The van der Waals surface area contributed by atoms with Crippen molar-refractivity contribution in [2.45, 2.75) is 25.4 Å². The van der Waals surface area contributed by atoms with Gasteiger partial charge in [-0.1, -0.05) is 15.9 Å². The number of nitrogens with one attached hydrogen (secondary N) is 2. The quantitative estimate of drug-likeness (QED) is 0.896. The third kappa shape index (κ3) is 3.93. The van der Waals surface area contributed by atoms with Gasteiger partial charge in [-0.05, 0) is 31.5 Å². The Kier molecular flexibility index (Phi) is 4.97. The number of anilines is 1. The molecule has 0 aliphatic carbocycles. The summed E-state index contributed by atoms with van der Waals surface area (Å²) in [6.45, 7) is 4.45. The van der Waals surface area contributed by atoms with E-state index in [9.17, 15) is 4.39 Å². The van der Waals surface area contributed by atoms with Crippen LogP contribution >= 0.6 is 15.9 Å². The zero-order valence-electron chi connectivity index (χ0n) is 10.4. The summed E-state index contributed by atoms with van der Waals surface area (Å²) in [7, 11) is 0. The van der Waals surface area contributed by atoms with Crippen LogP contribution in [0.4, 0.5) is 10.1 Å². The summed E-state index contributed by atoms with van der Waals surface area (Å²) >= 11 is 3.25. The second-order valence-corrected chi connectivity index (χ2v) is 5.55. The van der Waals surface area contributed by atoms with Crippen molar-refractivity contribution in [3.05, 3.63) is 28.5 Å². The highest BCUT2D eigenvalue weighted by atomic mass is 79.9. The van der Waals surface area contributed by atoms with Crippen LogP contribution in [0.5, 0.6) is 0 Å². The van der Waals surface area contributed by atoms with E-state index in [0.717, 1.165) is 30.7 Å². The Morgan fingerprint density at radius 2 is 2.44 bits per heavy atom. The summed E-state index contributed by atoms with van der Waals surface area (Å²) in [6, 6.07) is 5.59. The van der Waals surface area contributed by atoms with Gasteiger partial charge in [-0.2, -0.15) is 0 Å². The first kappa shape index (κ1) is 13.8. The molecule has 5 heteroatoms.